The standard InChI is InChI=1S/C15H18ClNO4/c1-9(2)21-12-4-3-10(16)7-11(12)13(18)17-8-15(5-6-15)14(19)20/h3-4,7,9H,5-6,8H2,1-2H3,(H,17,18)(H,19,20). The summed E-state index contributed by atoms with van der Waals surface area (Å²) in [6, 6.07) is 4.81. The van der Waals surface area contributed by atoms with Gasteiger partial charge in [-0.05, 0) is 44.9 Å². The van der Waals surface area contributed by atoms with Gasteiger partial charge in [-0.3, -0.25) is 9.59 Å². The summed E-state index contributed by atoms with van der Waals surface area (Å²) in [5, 5.41) is 12.2. The van der Waals surface area contributed by atoms with E-state index in [1.807, 2.05) is 13.8 Å². The predicted octanol–water partition coefficient (Wildman–Crippen LogP) is 2.72. The molecule has 1 aliphatic carbocycles. The monoisotopic (exact) mass is 311 g/mol. The molecule has 0 aromatic heterocycles. The van der Waals surface area contributed by atoms with Gasteiger partial charge in [0, 0.05) is 11.6 Å². The van der Waals surface area contributed by atoms with Crippen molar-refractivity contribution >= 4 is 23.5 Å². The number of rotatable bonds is 6. The van der Waals surface area contributed by atoms with E-state index in [1.54, 1.807) is 12.1 Å². The van der Waals surface area contributed by atoms with E-state index in [9.17, 15) is 9.59 Å². The van der Waals surface area contributed by atoms with Crippen LogP contribution in [0.2, 0.25) is 5.02 Å². The van der Waals surface area contributed by atoms with Gasteiger partial charge >= 0.3 is 5.97 Å². The van der Waals surface area contributed by atoms with Gasteiger partial charge in [-0.1, -0.05) is 11.6 Å². The van der Waals surface area contributed by atoms with E-state index in [1.165, 1.54) is 6.07 Å². The molecular formula is C15H18ClNO4. The van der Waals surface area contributed by atoms with Crippen molar-refractivity contribution in [2.24, 2.45) is 5.41 Å². The normalized spacial score (nSPS) is 15.6. The smallest absolute Gasteiger partial charge is 0.311 e. The Bertz CT molecular complexity index is 567. The van der Waals surface area contributed by atoms with E-state index in [-0.39, 0.29) is 18.6 Å². The molecule has 1 aromatic carbocycles. The van der Waals surface area contributed by atoms with Gasteiger partial charge in [0.2, 0.25) is 0 Å². The van der Waals surface area contributed by atoms with Crippen LogP contribution in [0.5, 0.6) is 5.75 Å². The molecule has 0 atom stereocenters. The Labute approximate surface area is 128 Å². The van der Waals surface area contributed by atoms with Crippen molar-refractivity contribution in [1.29, 1.82) is 0 Å². The van der Waals surface area contributed by atoms with Crippen molar-refractivity contribution in [3.05, 3.63) is 28.8 Å². The molecule has 114 valence electrons. The number of hydrogen-bond acceptors (Lipinski definition) is 3. The maximum Gasteiger partial charge on any atom is 0.311 e. The van der Waals surface area contributed by atoms with Crippen LogP contribution in [-0.2, 0) is 4.79 Å². The molecule has 0 bridgehead atoms. The van der Waals surface area contributed by atoms with Crippen molar-refractivity contribution < 1.29 is 19.4 Å². The molecule has 1 aliphatic rings. The quantitative estimate of drug-likeness (QED) is 0.847. The fraction of sp³-hybridized carbons (Fsp3) is 0.467. The van der Waals surface area contributed by atoms with Crippen molar-refractivity contribution in [2.45, 2.75) is 32.8 Å². The predicted molar refractivity (Wildman–Crippen MR) is 78.9 cm³/mol. The van der Waals surface area contributed by atoms with Crippen molar-refractivity contribution in [1.82, 2.24) is 5.32 Å². The molecule has 1 fully saturated rings. The lowest BCUT2D eigenvalue weighted by atomic mass is 10.1. The Kier molecular flexibility index (Phi) is 4.42. The summed E-state index contributed by atoms with van der Waals surface area (Å²) in [4.78, 5) is 23.4. The average molecular weight is 312 g/mol. The fourth-order valence-corrected chi connectivity index (χ4v) is 2.17. The highest BCUT2D eigenvalue weighted by atomic mass is 35.5. The Morgan fingerprint density at radius 2 is 2.10 bits per heavy atom. The molecule has 6 heteroatoms. The molecule has 0 aliphatic heterocycles. The van der Waals surface area contributed by atoms with Crippen LogP contribution >= 0.6 is 11.6 Å². The first kappa shape index (κ1) is 15.6. The Morgan fingerprint density at radius 3 is 2.62 bits per heavy atom. The van der Waals surface area contributed by atoms with Crippen LogP contribution in [0.1, 0.15) is 37.0 Å². The molecule has 1 aromatic rings. The van der Waals surface area contributed by atoms with E-state index < -0.39 is 11.4 Å². The first-order valence-electron chi connectivity index (χ1n) is 6.82. The first-order chi connectivity index (χ1) is 9.84. The van der Waals surface area contributed by atoms with Gasteiger partial charge in [0.15, 0.2) is 0 Å². The molecule has 0 saturated heterocycles. The van der Waals surface area contributed by atoms with E-state index in [2.05, 4.69) is 5.32 Å². The first-order valence-corrected chi connectivity index (χ1v) is 7.20. The van der Waals surface area contributed by atoms with Gasteiger partial charge in [-0.15, -0.1) is 0 Å². The number of hydrogen-bond donors (Lipinski definition) is 2. The third-order valence-corrected chi connectivity index (χ3v) is 3.68. The van der Waals surface area contributed by atoms with Crippen molar-refractivity contribution in [2.75, 3.05) is 6.54 Å². The number of carbonyl (C=O) groups is 2. The number of carboxylic acids is 1. The lowest BCUT2D eigenvalue weighted by Gasteiger charge is -2.16. The van der Waals surface area contributed by atoms with Crippen molar-refractivity contribution in [3.8, 4) is 5.75 Å². The number of carboxylic acid groups (broad SMARTS) is 1. The Balaban J connectivity index is 2.11. The molecule has 2 N–H and O–H groups in total. The number of carbonyl (C=O) groups excluding carboxylic acids is 1. The molecule has 1 saturated carbocycles. The van der Waals surface area contributed by atoms with Gasteiger partial charge in [-0.25, -0.2) is 0 Å². The third kappa shape index (κ3) is 3.67. The van der Waals surface area contributed by atoms with Gasteiger partial charge in [0.1, 0.15) is 5.75 Å². The molecule has 21 heavy (non-hydrogen) atoms. The van der Waals surface area contributed by atoms with Crippen LogP contribution in [0.3, 0.4) is 0 Å². The highest BCUT2D eigenvalue weighted by molar-refractivity contribution is 6.31. The summed E-state index contributed by atoms with van der Waals surface area (Å²) < 4.78 is 5.58. The summed E-state index contributed by atoms with van der Waals surface area (Å²) in [5.41, 5.74) is -0.481. The maximum absolute atomic E-state index is 12.3. The fourth-order valence-electron chi connectivity index (χ4n) is 2.00. The van der Waals surface area contributed by atoms with E-state index >= 15 is 0 Å². The molecule has 0 radical (unpaired) electrons. The highest BCUT2D eigenvalue weighted by Gasteiger charge is 2.50. The van der Waals surface area contributed by atoms with Gasteiger partial charge in [0.25, 0.3) is 5.91 Å². The maximum atomic E-state index is 12.3. The molecule has 5 nitrogen and oxygen atoms in total. The van der Waals surface area contributed by atoms with E-state index in [4.69, 9.17) is 21.4 Å². The van der Waals surface area contributed by atoms with Gasteiger partial charge in [0.05, 0.1) is 17.1 Å². The molecule has 0 unspecified atom stereocenters. The zero-order valence-electron chi connectivity index (χ0n) is 12.0. The number of benzene rings is 1. The minimum absolute atomic E-state index is 0.0773. The van der Waals surface area contributed by atoms with Crippen LogP contribution in [0.4, 0.5) is 0 Å². The second-order valence-corrected chi connectivity index (χ2v) is 6.01. The lowest BCUT2D eigenvalue weighted by molar-refractivity contribution is -0.143. The summed E-state index contributed by atoms with van der Waals surface area (Å²) in [5.74, 6) is -0.805. The van der Waals surface area contributed by atoms with E-state index in [0.717, 1.165) is 0 Å². The number of aliphatic carboxylic acids is 1. The van der Waals surface area contributed by atoms with Gasteiger partial charge < -0.3 is 15.2 Å². The number of nitrogens with one attached hydrogen (secondary N) is 1. The summed E-state index contributed by atoms with van der Waals surface area (Å²) in [6.07, 6.45) is 1.10. The van der Waals surface area contributed by atoms with Crippen LogP contribution in [-0.4, -0.2) is 29.6 Å². The second-order valence-electron chi connectivity index (χ2n) is 5.58. The minimum Gasteiger partial charge on any atom is -0.490 e. The summed E-state index contributed by atoms with van der Waals surface area (Å²) in [6.45, 7) is 3.84. The molecule has 0 heterocycles. The average Bonchev–Trinajstić information content (AvgIpc) is 3.19. The van der Waals surface area contributed by atoms with Gasteiger partial charge in [-0.2, -0.15) is 0 Å². The minimum atomic E-state index is -0.868. The van der Waals surface area contributed by atoms with Crippen LogP contribution < -0.4 is 10.1 Å². The van der Waals surface area contributed by atoms with E-state index in [0.29, 0.717) is 29.2 Å². The van der Waals surface area contributed by atoms with Crippen molar-refractivity contribution in [3.63, 3.8) is 0 Å². The molecular weight excluding hydrogens is 294 g/mol. The Morgan fingerprint density at radius 1 is 1.43 bits per heavy atom. The molecule has 1 amide bonds. The van der Waals surface area contributed by atoms with Crippen LogP contribution in [0.25, 0.3) is 0 Å². The lowest BCUT2D eigenvalue weighted by Crippen LogP contribution is -2.34. The third-order valence-electron chi connectivity index (χ3n) is 3.44. The topological polar surface area (TPSA) is 75.6 Å². The second kappa shape index (κ2) is 5.93. The number of halogens is 1. The molecule has 2 rings (SSSR count). The summed E-state index contributed by atoms with van der Waals surface area (Å²) >= 11 is 5.92. The largest absolute Gasteiger partial charge is 0.490 e. The number of ether oxygens (including phenoxy) is 1. The summed E-state index contributed by atoms with van der Waals surface area (Å²) in [7, 11) is 0. The van der Waals surface area contributed by atoms with Crippen LogP contribution in [0.15, 0.2) is 18.2 Å². The Hall–Kier alpha value is -1.75. The SMILES string of the molecule is CC(C)Oc1ccc(Cl)cc1C(=O)NCC1(C(=O)O)CC1. The highest BCUT2D eigenvalue weighted by Crippen LogP contribution is 2.45. The zero-order chi connectivity index (χ0) is 15.6. The number of amides is 1. The zero-order valence-corrected chi connectivity index (χ0v) is 12.7. The molecule has 0 spiro atoms. The van der Waals surface area contributed by atoms with Crippen LogP contribution in [0, 0.1) is 5.41 Å².